The van der Waals surface area contributed by atoms with Gasteiger partial charge in [0.25, 0.3) is 0 Å². The van der Waals surface area contributed by atoms with E-state index in [-0.39, 0.29) is 5.16 Å². The van der Waals surface area contributed by atoms with Crippen molar-refractivity contribution in [3.8, 4) is 0 Å². The van der Waals surface area contributed by atoms with Crippen molar-refractivity contribution in [1.82, 2.24) is 4.90 Å². The Morgan fingerprint density at radius 2 is 1.93 bits per heavy atom. The number of morpholine rings is 1. The zero-order valence-corrected chi connectivity index (χ0v) is 9.05. The maximum absolute atomic E-state index is 5.87. The monoisotopic (exact) mass is 217 g/mol. The SMILES string of the molecule is CC(/C=C(\N)N1CCOCC1)=C(/N)Cl. The van der Waals surface area contributed by atoms with Gasteiger partial charge in [-0.2, -0.15) is 0 Å². The zero-order valence-electron chi connectivity index (χ0n) is 8.29. The molecule has 14 heavy (non-hydrogen) atoms. The summed E-state index contributed by atoms with van der Waals surface area (Å²) in [4.78, 5) is 2.05. The third-order valence-corrected chi connectivity index (χ3v) is 2.42. The molecule has 1 heterocycles. The first kappa shape index (κ1) is 11.2. The van der Waals surface area contributed by atoms with Crippen molar-refractivity contribution in [3.63, 3.8) is 0 Å². The molecule has 0 aromatic rings. The number of ether oxygens (including phenoxy) is 1. The summed E-state index contributed by atoms with van der Waals surface area (Å²) in [5.41, 5.74) is 12.1. The highest BCUT2D eigenvalue weighted by atomic mass is 35.5. The van der Waals surface area contributed by atoms with Crippen LogP contribution in [-0.2, 0) is 4.74 Å². The van der Waals surface area contributed by atoms with Gasteiger partial charge < -0.3 is 21.1 Å². The first-order valence-corrected chi connectivity index (χ1v) is 4.91. The normalized spacial score (nSPS) is 20.7. The molecule has 1 fully saturated rings. The van der Waals surface area contributed by atoms with Gasteiger partial charge in [-0.25, -0.2) is 0 Å². The van der Waals surface area contributed by atoms with Crippen molar-refractivity contribution in [2.24, 2.45) is 11.5 Å². The average Bonchev–Trinajstić information content (AvgIpc) is 2.19. The van der Waals surface area contributed by atoms with Crippen molar-refractivity contribution in [2.75, 3.05) is 26.3 Å². The molecule has 0 atom stereocenters. The summed E-state index contributed by atoms with van der Waals surface area (Å²) in [6.07, 6.45) is 1.79. The highest BCUT2D eigenvalue weighted by Gasteiger charge is 2.10. The predicted molar refractivity (Wildman–Crippen MR) is 57.4 cm³/mol. The van der Waals surface area contributed by atoms with Crippen LogP contribution in [-0.4, -0.2) is 31.2 Å². The molecular formula is C9H16ClN3O. The van der Waals surface area contributed by atoms with Gasteiger partial charge in [0.05, 0.1) is 19.0 Å². The topological polar surface area (TPSA) is 64.5 Å². The molecular weight excluding hydrogens is 202 g/mol. The third-order valence-electron chi connectivity index (χ3n) is 2.12. The Balaban J connectivity index is 2.63. The largest absolute Gasteiger partial charge is 0.389 e. The summed E-state index contributed by atoms with van der Waals surface area (Å²) < 4.78 is 5.22. The van der Waals surface area contributed by atoms with Crippen molar-refractivity contribution in [1.29, 1.82) is 0 Å². The lowest BCUT2D eigenvalue weighted by atomic mass is 10.3. The van der Waals surface area contributed by atoms with E-state index in [1.165, 1.54) is 0 Å². The molecule has 1 rings (SSSR count). The van der Waals surface area contributed by atoms with Gasteiger partial charge >= 0.3 is 0 Å². The summed E-state index contributed by atoms with van der Waals surface area (Å²) in [7, 11) is 0. The van der Waals surface area contributed by atoms with Crippen molar-refractivity contribution >= 4 is 11.6 Å². The Morgan fingerprint density at radius 1 is 1.36 bits per heavy atom. The standard InChI is InChI=1S/C9H16ClN3O/c1-7(9(10)12)6-8(11)13-2-4-14-5-3-13/h6H,2-5,11-12H2,1H3/b8-6+,9-7-. The molecule has 0 saturated carbocycles. The molecule has 0 spiro atoms. The number of rotatable bonds is 2. The second kappa shape index (κ2) is 5.12. The van der Waals surface area contributed by atoms with E-state index in [2.05, 4.69) is 0 Å². The Bertz CT molecular complexity index is 253. The van der Waals surface area contributed by atoms with E-state index in [4.69, 9.17) is 27.8 Å². The molecule has 1 saturated heterocycles. The molecule has 0 aromatic heterocycles. The average molecular weight is 218 g/mol. The van der Waals surface area contributed by atoms with Crippen LogP contribution < -0.4 is 11.5 Å². The lowest BCUT2D eigenvalue weighted by Crippen LogP contribution is -2.38. The van der Waals surface area contributed by atoms with E-state index < -0.39 is 0 Å². The van der Waals surface area contributed by atoms with Gasteiger partial charge in [0.15, 0.2) is 0 Å². The predicted octanol–water partition coefficient (Wildman–Crippen LogP) is 0.548. The lowest BCUT2D eigenvalue weighted by Gasteiger charge is -2.28. The van der Waals surface area contributed by atoms with Gasteiger partial charge in [-0.15, -0.1) is 0 Å². The summed E-state index contributed by atoms with van der Waals surface area (Å²) in [6.45, 7) is 4.90. The number of hydrogen-bond acceptors (Lipinski definition) is 4. The van der Waals surface area contributed by atoms with Crippen LogP contribution in [0, 0.1) is 0 Å². The minimum absolute atomic E-state index is 0.279. The molecule has 1 aliphatic rings. The number of nitrogens with two attached hydrogens (primary N) is 2. The van der Waals surface area contributed by atoms with Crippen LogP contribution in [0.4, 0.5) is 0 Å². The Hall–Kier alpha value is -0.870. The second-order valence-corrected chi connectivity index (χ2v) is 3.61. The van der Waals surface area contributed by atoms with Crippen LogP contribution >= 0.6 is 11.6 Å². The summed E-state index contributed by atoms with van der Waals surface area (Å²) >= 11 is 5.63. The van der Waals surface area contributed by atoms with Crippen LogP contribution in [0.2, 0.25) is 0 Å². The highest BCUT2D eigenvalue weighted by molar-refractivity contribution is 6.29. The number of hydrogen-bond donors (Lipinski definition) is 2. The Kier molecular flexibility index (Phi) is 4.10. The second-order valence-electron chi connectivity index (χ2n) is 3.20. The molecule has 80 valence electrons. The van der Waals surface area contributed by atoms with E-state index in [1.54, 1.807) is 6.08 Å². The lowest BCUT2D eigenvalue weighted by molar-refractivity contribution is 0.0530. The summed E-state index contributed by atoms with van der Waals surface area (Å²) in [5, 5.41) is 0.279. The fourth-order valence-corrected chi connectivity index (χ4v) is 1.26. The smallest absolute Gasteiger partial charge is 0.102 e. The minimum Gasteiger partial charge on any atom is -0.389 e. The van der Waals surface area contributed by atoms with Gasteiger partial charge in [-0.1, -0.05) is 11.6 Å². The van der Waals surface area contributed by atoms with Crippen LogP contribution in [0.15, 0.2) is 22.6 Å². The molecule has 4 N–H and O–H groups in total. The summed E-state index contributed by atoms with van der Waals surface area (Å²) in [6, 6.07) is 0. The van der Waals surface area contributed by atoms with E-state index in [0.717, 1.165) is 18.7 Å². The summed E-state index contributed by atoms with van der Waals surface area (Å²) in [5.74, 6) is 0.689. The molecule has 0 bridgehead atoms. The molecule has 0 aromatic carbocycles. The van der Waals surface area contributed by atoms with Gasteiger partial charge in [0, 0.05) is 13.1 Å². The van der Waals surface area contributed by atoms with Crippen molar-refractivity contribution in [2.45, 2.75) is 6.92 Å². The van der Waals surface area contributed by atoms with E-state index >= 15 is 0 Å². The van der Waals surface area contributed by atoms with Gasteiger partial charge in [0.1, 0.15) is 5.16 Å². The maximum atomic E-state index is 5.87. The Morgan fingerprint density at radius 3 is 2.43 bits per heavy atom. The quantitative estimate of drug-likeness (QED) is 0.524. The highest BCUT2D eigenvalue weighted by Crippen LogP contribution is 2.09. The van der Waals surface area contributed by atoms with Crippen molar-refractivity contribution < 1.29 is 4.74 Å². The third kappa shape index (κ3) is 3.12. The number of allylic oxidation sites excluding steroid dienone is 2. The van der Waals surface area contributed by atoms with E-state index in [1.807, 2.05) is 11.8 Å². The fraction of sp³-hybridized carbons (Fsp3) is 0.556. The molecule has 0 unspecified atom stereocenters. The molecule has 0 radical (unpaired) electrons. The van der Waals surface area contributed by atoms with Crippen molar-refractivity contribution in [3.05, 3.63) is 22.6 Å². The number of halogens is 1. The number of nitrogens with zero attached hydrogens (tertiary/aromatic N) is 1. The first-order valence-electron chi connectivity index (χ1n) is 4.53. The molecule has 0 amide bonds. The van der Waals surface area contributed by atoms with Gasteiger partial charge in [-0.05, 0) is 18.6 Å². The van der Waals surface area contributed by atoms with E-state index in [0.29, 0.717) is 19.0 Å². The molecule has 4 nitrogen and oxygen atoms in total. The van der Waals surface area contributed by atoms with Crippen LogP contribution in [0.25, 0.3) is 0 Å². The van der Waals surface area contributed by atoms with Gasteiger partial charge in [0.2, 0.25) is 0 Å². The van der Waals surface area contributed by atoms with E-state index in [9.17, 15) is 0 Å². The van der Waals surface area contributed by atoms with Crippen LogP contribution in [0.1, 0.15) is 6.92 Å². The zero-order chi connectivity index (χ0) is 10.6. The van der Waals surface area contributed by atoms with Crippen LogP contribution in [0.3, 0.4) is 0 Å². The maximum Gasteiger partial charge on any atom is 0.102 e. The first-order chi connectivity index (χ1) is 6.61. The Labute approximate surface area is 89.1 Å². The molecule has 1 aliphatic heterocycles. The molecule has 0 aliphatic carbocycles. The molecule has 5 heteroatoms. The van der Waals surface area contributed by atoms with Gasteiger partial charge in [-0.3, -0.25) is 0 Å². The van der Waals surface area contributed by atoms with Crippen LogP contribution in [0.5, 0.6) is 0 Å². The minimum atomic E-state index is 0.279. The fourth-order valence-electron chi connectivity index (χ4n) is 1.20.